The molecule has 0 aliphatic carbocycles. The van der Waals surface area contributed by atoms with Crippen molar-refractivity contribution in [2.24, 2.45) is 5.92 Å². The van der Waals surface area contributed by atoms with E-state index in [2.05, 4.69) is 36.3 Å². The quantitative estimate of drug-likeness (QED) is 0.895. The zero-order valence-electron chi connectivity index (χ0n) is 13.0. The molecule has 0 aromatic heterocycles. The second-order valence-corrected chi connectivity index (χ2v) is 6.66. The summed E-state index contributed by atoms with van der Waals surface area (Å²) in [6, 6.07) is 7.71. The van der Waals surface area contributed by atoms with Gasteiger partial charge in [0.05, 0.1) is 6.42 Å². The third-order valence-corrected chi connectivity index (χ3v) is 4.06. The van der Waals surface area contributed by atoms with Crippen LogP contribution in [0, 0.1) is 5.92 Å². The molecule has 4 nitrogen and oxygen atoms in total. The average Bonchev–Trinajstić information content (AvgIpc) is 2.68. The standard InChI is InChI=1S/C16H24ClN3O/c1-19(2)9-13-10-20(3)11-15(13)18-16(21)8-12-5-4-6-14(17)7-12/h4-7,13,15H,8-11H2,1-3H3,(H,18,21)/t13-,15-/m1/s1. The maximum absolute atomic E-state index is 12.2. The van der Waals surface area contributed by atoms with E-state index in [0.717, 1.165) is 25.2 Å². The van der Waals surface area contributed by atoms with E-state index in [1.165, 1.54) is 0 Å². The molecule has 1 aromatic carbocycles. The Labute approximate surface area is 132 Å². The molecule has 5 heteroatoms. The van der Waals surface area contributed by atoms with Crippen molar-refractivity contribution in [3.8, 4) is 0 Å². The van der Waals surface area contributed by atoms with Crippen molar-refractivity contribution in [3.05, 3.63) is 34.9 Å². The lowest BCUT2D eigenvalue weighted by Gasteiger charge is -2.23. The van der Waals surface area contributed by atoms with Gasteiger partial charge >= 0.3 is 0 Å². The van der Waals surface area contributed by atoms with Gasteiger partial charge in [0.25, 0.3) is 0 Å². The number of amides is 1. The zero-order chi connectivity index (χ0) is 15.4. The number of hydrogen-bond donors (Lipinski definition) is 1. The fourth-order valence-corrected chi connectivity index (χ4v) is 3.21. The van der Waals surface area contributed by atoms with E-state index in [-0.39, 0.29) is 11.9 Å². The van der Waals surface area contributed by atoms with Gasteiger partial charge in [0, 0.05) is 36.6 Å². The number of likely N-dealkylation sites (tertiary alicyclic amines) is 1. The molecule has 1 N–H and O–H groups in total. The molecular formula is C16H24ClN3O. The molecule has 2 atom stereocenters. The molecule has 116 valence electrons. The number of carbonyl (C=O) groups is 1. The summed E-state index contributed by atoms with van der Waals surface area (Å²) in [5.41, 5.74) is 0.954. The van der Waals surface area contributed by atoms with Gasteiger partial charge in [-0.05, 0) is 38.8 Å². The average molecular weight is 310 g/mol. The van der Waals surface area contributed by atoms with Gasteiger partial charge in [-0.3, -0.25) is 4.79 Å². The molecule has 1 saturated heterocycles. The minimum atomic E-state index is 0.0707. The number of likely N-dealkylation sites (N-methyl/N-ethyl adjacent to an activating group) is 1. The van der Waals surface area contributed by atoms with Gasteiger partial charge in [-0.25, -0.2) is 0 Å². The van der Waals surface area contributed by atoms with Crippen LogP contribution >= 0.6 is 11.6 Å². The number of hydrogen-bond acceptors (Lipinski definition) is 3. The number of rotatable bonds is 5. The number of halogens is 1. The third-order valence-electron chi connectivity index (χ3n) is 3.82. The molecule has 0 spiro atoms. The lowest BCUT2D eigenvalue weighted by Crippen LogP contribution is -2.43. The highest BCUT2D eigenvalue weighted by Crippen LogP contribution is 2.17. The normalized spacial score (nSPS) is 22.7. The Morgan fingerprint density at radius 2 is 2.19 bits per heavy atom. The van der Waals surface area contributed by atoms with Gasteiger partial charge in [-0.15, -0.1) is 0 Å². The van der Waals surface area contributed by atoms with Crippen LogP contribution in [0.15, 0.2) is 24.3 Å². The van der Waals surface area contributed by atoms with Crippen LogP contribution < -0.4 is 5.32 Å². The highest BCUT2D eigenvalue weighted by Gasteiger charge is 2.32. The monoisotopic (exact) mass is 309 g/mol. The minimum absolute atomic E-state index is 0.0707. The van der Waals surface area contributed by atoms with Crippen LogP contribution in [0.5, 0.6) is 0 Å². The van der Waals surface area contributed by atoms with Gasteiger partial charge in [-0.1, -0.05) is 23.7 Å². The van der Waals surface area contributed by atoms with Crippen LogP contribution in [-0.4, -0.2) is 62.5 Å². The molecule has 1 amide bonds. The SMILES string of the molecule is CN(C)C[C@@H]1CN(C)C[C@H]1NC(=O)Cc1cccc(Cl)c1. The van der Waals surface area contributed by atoms with Gasteiger partial charge in [-0.2, -0.15) is 0 Å². The van der Waals surface area contributed by atoms with Crippen LogP contribution in [0.3, 0.4) is 0 Å². The maximum Gasteiger partial charge on any atom is 0.224 e. The van der Waals surface area contributed by atoms with E-state index in [9.17, 15) is 4.79 Å². The van der Waals surface area contributed by atoms with Crippen LogP contribution in [0.25, 0.3) is 0 Å². The zero-order valence-corrected chi connectivity index (χ0v) is 13.7. The summed E-state index contributed by atoms with van der Waals surface area (Å²) < 4.78 is 0. The Hall–Kier alpha value is -1.10. The second-order valence-electron chi connectivity index (χ2n) is 6.22. The molecule has 1 aliphatic heterocycles. The highest BCUT2D eigenvalue weighted by molar-refractivity contribution is 6.30. The molecule has 21 heavy (non-hydrogen) atoms. The van der Waals surface area contributed by atoms with Crippen molar-refractivity contribution in [2.45, 2.75) is 12.5 Å². The van der Waals surface area contributed by atoms with Crippen LogP contribution in [0.2, 0.25) is 5.02 Å². The molecule has 0 bridgehead atoms. The summed E-state index contributed by atoms with van der Waals surface area (Å²) in [7, 11) is 6.25. The largest absolute Gasteiger partial charge is 0.351 e. The van der Waals surface area contributed by atoms with Crippen molar-refractivity contribution < 1.29 is 4.79 Å². The van der Waals surface area contributed by atoms with E-state index >= 15 is 0 Å². The van der Waals surface area contributed by atoms with Gasteiger partial charge in [0.2, 0.25) is 5.91 Å². The summed E-state index contributed by atoms with van der Waals surface area (Å²) in [5, 5.41) is 3.85. The van der Waals surface area contributed by atoms with E-state index in [0.29, 0.717) is 17.4 Å². The number of nitrogens with one attached hydrogen (secondary N) is 1. The number of benzene rings is 1. The molecular weight excluding hydrogens is 286 g/mol. The van der Waals surface area contributed by atoms with Crippen LogP contribution in [0.1, 0.15) is 5.56 Å². The third kappa shape index (κ3) is 4.99. The summed E-state index contributed by atoms with van der Waals surface area (Å²) in [6.45, 7) is 2.94. The molecule has 0 unspecified atom stereocenters. The predicted molar refractivity (Wildman–Crippen MR) is 86.6 cm³/mol. The Kier molecular flexibility index (Phi) is 5.62. The van der Waals surface area contributed by atoms with E-state index in [1.807, 2.05) is 24.3 Å². The summed E-state index contributed by atoms with van der Waals surface area (Å²) in [5.74, 6) is 0.551. The Morgan fingerprint density at radius 3 is 2.86 bits per heavy atom. The van der Waals surface area contributed by atoms with Gasteiger partial charge in [0.1, 0.15) is 0 Å². The first-order valence-corrected chi connectivity index (χ1v) is 7.69. The lowest BCUT2D eigenvalue weighted by molar-refractivity contribution is -0.121. The number of nitrogens with zero attached hydrogens (tertiary/aromatic N) is 2. The fraction of sp³-hybridized carbons (Fsp3) is 0.562. The van der Waals surface area contributed by atoms with Crippen LogP contribution in [-0.2, 0) is 11.2 Å². The van der Waals surface area contributed by atoms with E-state index in [4.69, 9.17) is 11.6 Å². The van der Waals surface area contributed by atoms with Crippen molar-refractivity contribution in [3.63, 3.8) is 0 Å². The molecule has 1 heterocycles. The molecule has 0 saturated carbocycles. The maximum atomic E-state index is 12.2. The molecule has 1 aromatic rings. The summed E-state index contributed by atoms with van der Waals surface area (Å²) in [6.07, 6.45) is 0.384. The molecule has 2 rings (SSSR count). The lowest BCUT2D eigenvalue weighted by atomic mass is 10.0. The Balaban J connectivity index is 1.91. The fourth-order valence-electron chi connectivity index (χ4n) is 2.99. The van der Waals surface area contributed by atoms with Crippen LogP contribution in [0.4, 0.5) is 0 Å². The Bertz CT molecular complexity index is 492. The Morgan fingerprint density at radius 1 is 1.43 bits per heavy atom. The predicted octanol–water partition coefficient (Wildman–Crippen LogP) is 1.49. The van der Waals surface area contributed by atoms with Crippen molar-refractivity contribution in [1.29, 1.82) is 0 Å². The molecule has 1 fully saturated rings. The smallest absolute Gasteiger partial charge is 0.224 e. The first-order chi connectivity index (χ1) is 9.94. The van der Waals surface area contributed by atoms with Crippen molar-refractivity contribution in [1.82, 2.24) is 15.1 Å². The molecule has 1 aliphatic rings. The number of carbonyl (C=O) groups excluding carboxylic acids is 1. The van der Waals surface area contributed by atoms with Gasteiger partial charge < -0.3 is 15.1 Å². The van der Waals surface area contributed by atoms with Crippen molar-refractivity contribution >= 4 is 17.5 Å². The first-order valence-electron chi connectivity index (χ1n) is 7.31. The summed E-state index contributed by atoms with van der Waals surface area (Å²) >= 11 is 5.95. The van der Waals surface area contributed by atoms with E-state index < -0.39 is 0 Å². The van der Waals surface area contributed by atoms with Gasteiger partial charge in [0.15, 0.2) is 0 Å². The second kappa shape index (κ2) is 7.25. The first kappa shape index (κ1) is 16.3. The summed E-state index contributed by atoms with van der Waals surface area (Å²) in [4.78, 5) is 16.7. The highest BCUT2D eigenvalue weighted by atomic mass is 35.5. The topological polar surface area (TPSA) is 35.6 Å². The van der Waals surface area contributed by atoms with Crippen molar-refractivity contribution in [2.75, 3.05) is 40.8 Å². The minimum Gasteiger partial charge on any atom is -0.351 e. The molecule has 0 radical (unpaired) electrons. The van der Waals surface area contributed by atoms with E-state index in [1.54, 1.807) is 0 Å².